The summed E-state index contributed by atoms with van der Waals surface area (Å²) >= 11 is 0. The van der Waals surface area contributed by atoms with E-state index in [9.17, 15) is 9.59 Å². The molecule has 130 valence electrons. The molecule has 4 saturated carbocycles. The van der Waals surface area contributed by atoms with Crippen molar-refractivity contribution in [2.45, 2.75) is 71.8 Å². The minimum Gasteiger partial charge on any atom is -0.352 e. The van der Waals surface area contributed by atoms with E-state index in [2.05, 4.69) is 17.6 Å². The van der Waals surface area contributed by atoms with Gasteiger partial charge in [-0.05, 0) is 75.0 Å². The molecular weight excluding hydrogens is 288 g/mol. The average molecular weight is 320 g/mol. The second-order valence-corrected chi connectivity index (χ2v) is 8.60. The third kappa shape index (κ3) is 3.41. The van der Waals surface area contributed by atoms with Crippen LogP contribution in [0.3, 0.4) is 0 Å². The highest BCUT2D eigenvalue weighted by Crippen LogP contribution is 2.61. The molecule has 4 fully saturated rings. The largest absolute Gasteiger partial charge is 0.352 e. The molecule has 0 radical (unpaired) electrons. The van der Waals surface area contributed by atoms with Crippen LogP contribution in [0.4, 0.5) is 0 Å². The van der Waals surface area contributed by atoms with E-state index in [0.29, 0.717) is 5.41 Å². The third-order valence-corrected chi connectivity index (χ3v) is 6.86. The lowest BCUT2D eigenvalue weighted by Crippen LogP contribution is -2.56. The van der Waals surface area contributed by atoms with Crippen molar-refractivity contribution in [2.24, 2.45) is 29.1 Å². The summed E-state index contributed by atoms with van der Waals surface area (Å²) in [5.41, 5.74) is 0.325. The van der Waals surface area contributed by atoms with Crippen molar-refractivity contribution in [3.05, 3.63) is 0 Å². The molecule has 0 spiro atoms. The van der Waals surface area contributed by atoms with Gasteiger partial charge in [-0.2, -0.15) is 0 Å². The van der Waals surface area contributed by atoms with E-state index < -0.39 is 0 Å². The van der Waals surface area contributed by atoms with E-state index >= 15 is 0 Å². The van der Waals surface area contributed by atoms with Crippen LogP contribution in [-0.2, 0) is 9.59 Å². The molecule has 0 saturated heterocycles. The molecule has 4 aliphatic carbocycles. The van der Waals surface area contributed by atoms with E-state index in [-0.39, 0.29) is 30.3 Å². The number of hydrogen-bond acceptors (Lipinski definition) is 2. The molecule has 2 N–H and O–H groups in total. The molecule has 4 nitrogen and oxygen atoms in total. The third-order valence-electron chi connectivity index (χ3n) is 6.86. The van der Waals surface area contributed by atoms with Gasteiger partial charge in [0.1, 0.15) is 0 Å². The summed E-state index contributed by atoms with van der Waals surface area (Å²) in [6.07, 6.45) is 8.94. The normalized spacial score (nSPS) is 37.3. The van der Waals surface area contributed by atoms with Crippen molar-refractivity contribution in [3.8, 4) is 0 Å². The van der Waals surface area contributed by atoms with Crippen LogP contribution in [0.15, 0.2) is 0 Å². The van der Waals surface area contributed by atoms with Crippen LogP contribution in [0, 0.1) is 29.1 Å². The van der Waals surface area contributed by atoms with Gasteiger partial charge in [-0.1, -0.05) is 13.8 Å². The molecule has 0 aromatic heterocycles. The molecule has 4 bridgehead atoms. The maximum Gasteiger partial charge on any atom is 0.239 e. The van der Waals surface area contributed by atoms with Crippen LogP contribution in [0.1, 0.15) is 65.7 Å². The lowest BCUT2D eigenvalue weighted by Gasteiger charge is -2.59. The molecule has 0 aromatic carbocycles. The summed E-state index contributed by atoms with van der Waals surface area (Å²) in [5, 5.41) is 5.96. The Bertz CT molecular complexity index is 439. The SMILES string of the molecule is CC[C@@H](C)C(=O)NCC(=O)N[C@@H](C)C12CC3CC(CC(C3)C1)C2. The Morgan fingerprint density at radius 2 is 1.57 bits per heavy atom. The van der Waals surface area contributed by atoms with E-state index in [1.807, 2.05) is 13.8 Å². The van der Waals surface area contributed by atoms with Crippen molar-refractivity contribution in [1.29, 1.82) is 0 Å². The van der Waals surface area contributed by atoms with Crippen molar-refractivity contribution >= 4 is 11.8 Å². The molecule has 2 atom stereocenters. The Morgan fingerprint density at radius 3 is 2.04 bits per heavy atom. The summed E-state index contributed by atoms with van der Waals surface area (Å²) in [6, 6.07) is 0.226. The Morgan fingerprint density at radius 1 is 1.04 bits per heavy atom. The van der Waals surface area contributed by atoms with Crippen molar-refractivity contribution < 1.29 is 9.59 Å². The van der Waals surface area contributed by atoms with Crippen LogP contribution in [-0.4, -0.2) is 24.4 Å². The van der Waals surface area contributed by atoms with Gasteiger partial charge in [-0.25, -0.2) is 0 Å². The van der Waals surface area contributed by atoms with Crippen molar-refractivity contribution in [2.75, 3.05) is 6.54 Å². The molecule has 4 aliphatic rings. The van der Waals surface area contributed by atoms with E-state index in [4.69, 9.17) is 0 Å². The topological polar surface area (TPSA) is 58.2 Å². The van der Waals surface area contributed by atoms with Gasteiger partial charge < -0.3 is 10.6 Å². The first-order valence-electron chi connectivity index (χ1n) is 9.49. The van der Waals surface area contributed by atoms with Crippen LogP contribution in [0.25, 0.3) is 0 Å². The Balaban J connectivity index is 1.52. The summed E-state index contributed by atoms with van der Waals surface area (Å²) in [6.45, 7) is 6.17. The minimum absolute atomic E-state index is 0.0230. The molecule has 0 aromatic rings. The van der Waals surface area contributed by atoms with Crippen LogP contribution in [0.5, 0.6) is 0 Å². The Kier molecular flexibility index (Phi) is 4.70. The predicted molar refractivity (Wildman–Crippen MR) is 90.7 cm³/mol. The number of hydrogen-bond donors (Lipinski definition) is 2. The highest BCUT2D eigenvalue weighted by atomic mass is 16.2. The molecule has 0 unspecified atom stereocenters. The monoisotopic (exact) mass is 320 g/mol. The summed E-state index contributed by atoms with van der Waals surface area (Å²) in [4.78, 5) is 24.0. The zero-order chi connectivity index (χ0) is 16.6. The summed E-state index contributed by atoms with van der Waals surface area (Å²) in [7, 11) is 0. The van der Waals surface area contributed by atoms with Crippen molar-refractivity contribution in [3.63, 3.8) is 0 Å². The van der Waals surface area contributed by atoms with E-state index in [1.165, 1.54) is 38.5 Å². The second-order valence-electron chi connectivity index (χ2n) is 8.60. The fourth-order valence-corrected chi connectivity index (χ4v) is 5.68. The van der Waals surface area contributed by atoms with Gasteiger partial charge in [-0.3, -0.25) is 9.59 Å². The first kappa shape index (κ1) is 16.8. The van der Waals surface area contributed by atoms with Crippen LogP contribution < -0.4 is 10.6 Å². The first-order chi connectivity index (χ1) is 10.9. The lowest BCUT2D eigenvalue weighted by atomic mass is 9.48. The molecule has 0 aliphatic heterocycles. The second kappa shape index (κ2) is 6.45. The van der Waals surface area contributed by atoms with Gasteiger partial charge in [0.05, 0.1) is 6.54 Å². The molecule has 2 amide bonds. The Labute approximate surface area is 140 Å². The van der Waals surface area contributed by atoms with Gasteiger partial charge in [0, 0.05) is 12.0 Å². The molecule has 4 rings (SSSR count). The van der Waals surface area contributed by atoms with Gasteiger partial charge in [0.25, 0.3) is 0 Å². The van der Waals surface area contributed by atoms with Crippen molar-refractivity contribution in [1.82, 2.24) is 10.6 Å². The van der Waals surface area contributed by atoms with Gasteiger partial charge in [0.15, 0.2) is 0 Å². The van der Waals surface area contributed by atoms with Gasteiger partial charge in [-0.15, -0.1) is 0 Å². The van der Waals surface area contributed by atoms with Crippen LogP contribution in [0.2, 0.25) is 0 Å². The van der Waals surface area contributed by atoms with E-state index in [0.717, 1.165) is 24.2 Å². The Hall–Kier alpha value is -1.06. The maximum absolute atomic E-state index is 12.2. The number of carbonyl (C=O) groups excluding carboxylic acids is 2. The fourth-order valence-electron chi connectivity index (χ4n) is 5.68. The standard InChI is InChI=1S/C19H32N2O2/c1-4-12(2)18(23)20-11-17(22)21-13(3)19-8-14-5-15(9-19)7-16(6-14)10-19/h12-16H,4-11H2,1-3H3,(H,20,23)(H,21,22)/t12-,13+,14?,15?,16?,19?/m1/s1. The minimum atomic E-state index is -0.0371. The highest BCUT2D eigenvalue weighted by Gasteiger charge is 2.53. The maximum atomic E-state index is 12.2. The van der Waals surface area contributed by atoms with Crippen LogP contribution >= 0.6 is 0 Å². The fraction of sp³-hybridized carbons (Fsp3) is 0.895. The first-order valence-corrected chi connectivity index (χ1v) is 9.49. The number of nitrogens with one attached hydrogen (secondary N) is 2. The van der Waals surface area contributed by atoms with Gasteiger partial charge in [0.2, 0.25) is 11.8 Å². The lowest BCUT2D eigenvalue weighted by molar-refractivity contribution is -0.130. The number of amides is 2. The number of carbonyl (C=O) groups is 2. The predicted octanol–water partition coefficient (Wildman–Crippen LogP) is 2.87. The van der Waals surface area contributed by atoms with Gasteiger partial charge >= 0.3 is 0 Å². The smallest absolute Gasteiger partial charge is 0.239 e. The number of rotatable bonds is 6. The molecule has 4 heteroatoms. The van der Waals surface area contributed by atoms with E-state index in [1.54, 1.807) is 0 Å². The quantitative estimate of drug-likeness (QED) is 0.790. The molecular formula is C19H32N2O2. The average Bonchev–Trinajstić information content (AvgIpc) is 2.50. The highest BCUT2D eigenvalue weighted by molar-refractivity contribution is 5.85. The summed E-state index contributed by atoms with van der Waals surface area (Å²) in [5.74, 6) is 2.60. The zero-order valence-corrected chi connectivity index (χ0v) is 14.9. The summed E-state index contributed by atoms with van der Waals surface area (Å²) < 4.78 is 0. The molecule has 23 heavy (non-hydrogen) atoms. The molecule has 0 heterocycles. The zero-order valence-electron chi connectivity index (χ0n) is 14.9.